The van der Waals surface area contributed by atoms with Crippen molar-refractivity contribution in [1.82, 2.24) is 9.97 Å². The summed E-state index contributed by atoms with van der Waals surface area (Å²) in [5, 5.41) is 5.16. The average molecular weight is 345 g/mol. The van der Waals surface area contributed by atoms with Crippen LogP contribution in [0.2, 0.25) is 0 Å². The van der Waals surface area contributed by atoms with E-state index in [1.807, 2.05) is 31.2 Å². The van der Waals surface area contributed by atoms with Gasteiger partial charge >= 0.3 is 0 Å². The lowest BCUT2D eigenvalue weighted by Crippen LogP contribution is -2.31. The van der Waals surface area contributed by atoms with Crippen molar-refractivity contribution < 1.29 is 17.9 Å². The van der Waals surface area contributed by atoms with Gasteiger partial charge in [-0.15, -0.1) is 0 Å². The summed E-state index contributed by atoms with van der Waals surface area (Å²) < 4.78 is 33.9. The van der Waals surface area contributed by atoms with Gasteiger partial charge in [-0.1, -0.05) is 18.2 Å². The Morgan fingerprint density at radius 3 is 2.67 bits per heavy atom. The summed E-state index contributed by atoms with van der Waals surface area (Å²) in [5.74, 6) is 0.630. The molecule has 1 aromatic heterocycles. The van der Waals surface area contributed by atoms with E-state index >= 15 is 0 Å². The SMILES string of the molecule is CC1OC(c2cccc(-c3nc4ccc(S(N)(=O)=O)cc4[nH]3)c2)O1. The van der Waals surface area contributed by atoms with E-state index in [0.29, 0.717) is 16.9 Å². The molecule has 0 aliphatic carbocycles. The summed E-state index contributed by atoms with van der Waals surface area (Å²) in [6, 6.07) is 12.2. The van der Waals surface area contributed by atoms with Crippen LogP contribution in [0.25, 0.3) is 22.4 Å². The van der Waals surface area contributed by atoms with Gasteiger partial charge in [0, 0.05) is 11.1 Å². The number of nitrogens with zero attached hydrogens (tertiary/aromatic N) is 1. The van der Waals surface area contributed by atoms with Gasteiger partial charge in [0.1, 0.15) is 5.82 Å². The molecule has 0 saturated carbocycles. The monoisotopic (exact) mass is 345 g/mol. The maximum atomic E-state index is 11.5. The molecule has 0 atom stereocenters. The van der Waals surface area contributed by atoms with E-state index in [-0.39, 0.29) is 17.5 Å². The first kappa shape index (κ1) is 15.3. The minimum absolute atomic E-state index is 0.0456. The van der Waals surface area contributed by atoms with Gasteiger partial charge in [-0.3, -0.25) is 0 Å². The second-order valence-electron chi connectivity index (χ2n) is 5.61. The molecule has 4 rings (SSSR count). The number of primary sulfonamides is 1. The highest BCUT2D eigenvalue weighted by atomic mass is 32.2. The Bertz CT molecular complexity index is 1020. The zero-order valence-corrected chi connectivity index (χ0v) is 13.6. The summed E-state index contributed by atoms with van der Waals surface area (Å²) in [6.07, 6.45) is -0.556. The highest BCUT2D eigenvalue weighted by molar-refractivity contribution is 7.89. The number of rotatable bonds is 3. The first-order chi connectivity index (χ1) is 11.4. The van der Waals surface area contributed by atoms with Crippen LogP contribution >= 0.6 is 0 Å². The number of nitrogens with one attached hydrogen (secondary N) is 1. The Hall–Kier alpha value is -2.26. The number of imidazole rings is 1. The van der Waals surface area contributed by atoms with Gasteiger partial charge in [0.2, 0.25) is 10.0 Å². The molecule has 2 heterocycles. The molecule has 0 radical (unpaired) electrons. The van der Waals surface area contributed by atoms with Gasteiger partial charge in [-0.25, -0.2) is 18.5 Å². The zero-order chi connectivity index (χ0) is 16.9. The van der Waals surface area contributed by atoms with Gasteiger partial charge in [0.15, 0.2) is 12.6 Å². The molecular weight excluding hydrogens is 330 g/mol. The van der Waals surface area contributed by atoms with Crippen molar-refractivity contribution in [2.24, 2.45) is 5.14 Å². The van der Waals surface area contributed by atoms with Crippen LogP contribution < -0.4 is 5.14 Å². The van der Waals surface area contributed by atoms with Crippen molar-refractivity contribution in [3.05, 3.63) is 48.0 Å². The normalized spacial score (nSPS) is 20.9. The predicted octanol–water partition coefficient (Wildman–Crippen LogP) is 2.27. The molecule has 8 heteroatoms. The third-order valence-corrected chi connectivity index (χ3v) is 4.76. The Balaban J connectivity index is 1.73. The Kier molecular flexibility index (Phi) is 3.43. The van der Waals surface area contributed by atoms with Crippen LogP contribution in [0.15, 0.2) is 47.4 Å². The third-order valence-electron chi connectivity index (χ3n) is 3.84. The maximum absolute atomic E-state index is 11.5. The number of fused-ring (bicyclic) bond motifs is 1. The van der Waals surface area contributed by atoms with Gasteiger partial charge in [0.25, 0.3) is 0 Å². The van der Waals surface area contributed by atoms with E-state index in [0.717, 1.165) is 11.1 Å². The fourth-order valence-electron chi connectivity index (χ4n) is 2.65. The van der Waals surface area contributed by atoms with E-state index in [1.165, 1.54) is 12.1 Å². The summed E-state index contributed by atoms with van der Waals surface area (Å²) in [4.78, 5) is 7.66. The van der Waals surface area contributed by atoms with E-state index < -0.39 is 10.0 Å². The molecule has 24 heavy (non-hydrogen) atoms. The van der Waals surface area contributed by atoms with Crippen LogP contribution in [0.4, 0.5) is 0 Å². The van der Waals surface area contributed by atoms with E-state index in [9.17, 15) is 8.42 Å². The Morgan fingerprint density at radius 1 is 1.17 bits per heavy atom. The molecule has 0 amide bonds. The molecule has 0 bridgehead atoms. The van der Waals surface area contributed by atoms with Crippen molar-refractivity contribution in [3.63, 3.8) is 0 Å². The summed E-state index contributed by atoms with van der Waals surface area (Å²) in [6.45, 7) is 1.84. The number of nitrogens with two attached hydrogens (primary N) is 1. The number of sulfonamides is 1. The number of hydrogen-bond acceptors (Lipinski definition) is 5. The van der Waals surface area contributed by atoms with Gasteiger partial charge in [-0.05, 0) is 31.2 Å². The Morgan fingerprint density at radius 2 is 1.96 bits per heavy atom. The maximum Gasteiger partial charge on any atom is 0.238 e. The van der Waals surface area contributed by atoms with E-state index in [2.05, 4.69) is 9.97 Å². The topological polar surface area (TPSA) is 107 Å². The van der Waals surface area contributed by atoms with Crippen LogP contribution in [0.5, 0.6) is 0 Å². The van der Waals surface area contributed by atoms with Crippen LogP contribution in [0.1, 0.15) is 18.8 Å². The molecule has 1 aliphatic rings. The molecule has 1 saturated heterocycles. The van der Waals surface area contributed by atoms with Crippen LogP contribution in [-0.4, -0.2) is 24.7 Å². The van der Waals surface area contributed by atoms with Crippen LogP contribution in [-0.2, 0) is 19.5 Å². The third kappa shape index (κ3) is 2.69. The second-order valence-corrected chi connectivity index (χ2v) is 7.17. The number of H-pyrrole nitrogens is 1. The van der Waals surface area contributed by atoms with Crippen LogP contribution in [0, 0.1) is 0 Å². The van der Waals surface area contributed by atoms with Crippen molar-refractivity contribution in [3.8, 4) is 11.4 Å². The summed E-state index contributed by atoms with van der Waals surface area (Å²) >= 11 is 0. The quantitative estimate of drug-likeness (QED) is 0.757. The molecule has 7 nitrogen and oxygen atoms in total. The molecule has 3 N–H and O–H groups in total. The molecule has 3 aromatic rings. The molecule has 0 unspecified atom stereocenters. The number of ether oxygens (including phenoxy) is 2. The molecule has 2 aromatic carbocycles. The van der Waals surface area contributed by atoms with Crippen molar-refractivity contribution in [2.75, 3.05) is 0 Å². The Labute approximate surface area is 138 Å². The van der Waals surface area contributed by atoms with E-state index in [1.54, 1.807) is 6.07 Å². The molecule has 1 fully saturated rings. The zero-order valence-electron chi connectivity index (χ0n) is 12.8. The van der Waals surface area contributed by atoms with Crippen LogP contribution in [0.3, 0.4) is 0 Å². The van der Waals surface area contributed by atoms with E-state index in [4.69, 9.17) is 14.6 Å². The van der Waals surface area contributed by atoms with Crippen molar-refractivity contribution >= 4 is 21.1 Å². The summed E-state index contributed by atoms with van der Waals surface area (Å²) in [7, 11) is -3.75. The average Bonchev–Trinajstić information content (AvgIpc) is 2.94. The van der Waals surface area contributed by atoms with Gasteiger partial charge < -0.3 is 14.5 Å². The largest absolute Gasteiger partial charge is 0.338 e. The number of aromatic amines is 1. The lowest BCUT2D eigenvalue weighted by Gasteiger charge is -2.34. The first-order valence-electron chi connectivity index (χ1n) is 7.34. The predicted molar refractivity (Wildman–Crippen MR) is 87.3 cm³/mol. The molecule has 124 valence electrons. The lowest BCUT2D eigenvalue weighted by atomic mass is 10.1. The smallest absolute Gasteiger partial charge is 0.238 e. The molecule has 1 aliphatic heterocycles. The first-order valence-corrected chi connectivity index (χ1v) is 8.88. The summed E-state index contributed by atoms with van der Waals surface area (Å²) in [5.41, 5.74) is 3.02. The second kappa shape index (κ2) is 5.38. The fourth-order valence-corrected chi connectivity index (χ4v) is 3.19. The molecule has 0 spiro atoms. The minimum atomic E-state index is -3.75. The number of benzene rings is 2. The van der Waals surface area contributed by atoms with Gasteiger partial charge in [0.05, 0.1) is 15.9 Å². The van der Waals surface area contributed by atoms with Crippen molar-refractivity contribution in [1.29, 1.82) is 0 Å². The van der Waals surface area contributed by atoms with Gasteiger partial charge in [-0.2, -0.15) is 0 Å². The van der Waals surface area contributed by atoms with Crippen molar-refractivity contribution in [2.45, 2.75) is 24.4 Å². The lowest BCUT2D eigenvalue weighted by molar-refractivity contribution is -0.382. The fraction of sp³-hybridized carbons (Fsp3) is 0.188. The number of hydrogen-bond donors (Lipinski definition) is 2. The standard InChI is InChI=1S/C16H15N3O4S/c1-9-22-16(23-9)11-4-2-3-10(7-11)15-18-13-6-5-12(24(17,20)21)8-14(13)19-15/h2-9,16H,1H3,(H,18,19)(H2,17,20,21). The highest BCUT2D eigenvalue weighted by Gasteiger charge is 2.28. The minimum Gasteiger partial charge on any atom is -0.338 e. The number of aromatic nitrogens is 2. The molecular formula is C16H15N3O4S. The highest BCUT2D eigenvalue weighted by Crippen LogP contribution is 2.33.